The minimum absolute atomic E-state index is 0.0556. The highest BCUT2D eigenvalue weighted by Gasteiger charge is 2.30. The van der Waals surface area contributed by atoms with Gasteiger partial charge < -0.3 is 5.73 Å². The number of Topliss-reactive ketones (excluding diaryl/α,β-unsaturated/α-hetero) is 1. The van der Waals surface area contributed by atoms with Crippen molar-refractivity contribution in [3.05, 3.63) is 28.3 Å². The van der Waals surface area contributed by atoms with Gasteiger partial charge in [0, 0.05) is 30.7 Å². The molecule has 0 bridgehead atoms. The fourth-order valence-corrected chi connectivity index (χ4v) is 2.49. The van der Waals surface area contributed by atoms with E-state index in [0.29, 0.717) is 30.6 Å². The van der Waals surface area contributed by atoms with E-state index in [9.17, 15) is 14.9 Å². The topological polar surface area (TPSA) is 98.6 Å². The van der Waals surface area contributed by atoms with Gasteiger partial charge >= 0.3 is 0 Å². The fourth-order valence-electron chi connectivity index (χ4n) is 2.49. The molecule has 1 saturated carbocycles. The number of nitro benzene ring substituents is 1. The second kappa shape index (κ2) is 5.03. The van der Waals surface area contributed by atoms with Crippen molar-refractivity contribution in [3.8, 4) is 0 Å². The Bertz CT molecular complexity index is 606. The van der Waals surface area contributed by atoms with Crippen molar-refractivity contribution in [2.75, 3.05) is 5.73 Å². The predicted molar refractivity (Wildman–Crippen MR) is 77.2 cm³/mol. The molecule has 0 amide bonds. The van der Waals surface area contributed by atoms with Crippen LogP contribution in [0.25, 0.3) is 0 Å². The number of ketones is 1. The predicted octanol–water partition coefficient (Wildman–Crippen LogP) is 3.03. The number of nitrogen functional groups attached to an aromatic ring is 1. The van der Waals surface area contributed by atoms with Crippen molar-refractivity contribution in [3.63, 3.8) is 0 Å². The summed E-state index contributed by atoms with van der Waals surface area (Å²) in [6.45, 7) is 4.02. The molecule has 1 aliphatic rings. The molecule has 0 spiro atoms. The molecule has 0 radical (unpaired) electrons. The van der Waals surface area contributed by atoms with E-state index in [1.54, 1.807) is 0 Å². The molecule has 1 aromatic carbocycles. The molecule has 0 aromatic heterocycles. The molecule has 2 N–H and O–H groups in total. The van der Waals surface area contributed by atoms with Gasteiger partial charge in [0.1, 0.15) is 5.78 Å². The summed E-state index contributed by atoms with van der Waals surface area (Å²) >= 11 is 0. The maximum Gasteiger partial charge on any atom is 0.271 e. The molecule has 0 saturated heterocycles. The van der Waals surface area contributed by atoms with Crippen LogP contribution in [0, 0.1) is 15.5 Å². The number of nitro groups is 1. The third kappa shape index (κ3) is 3.20. The van der Waals surface area contributed by atoms with E-state index in [0.717, 1.165) is 5.71 Å². The van der Waals surface area contributed by atoms with Crippen molar-refractivity contribution >= 4 is 28.6 Å². The highest BCUT2D eigenvalue weighted by Crippen LogP contribution is 2.34. The average Bonchev–Trinajstić information content (AvgIpc) is 2.28. The molecule has 2 rings (SSSR count). The molecule has 1 fully saturated rings. The molecule has 0 aliphatic heterocycles. The molecule has 1 aliphatic carbocycles. The molecule has 20 heavy (non-hydrogen) atoms. The third-order valence-corrected chi connectivity index (χ3v) is 3.26. The SMILES string of the molecule is CC1(C)CC(=O)CC(=Nc2cc([N+](=O)[O-])ccc2N)C1. The van der Waals surface area contributed by atoms with Gasteiger partial charge in [0.05, 0.1) is 16.3 Å². The molecule has 106 valence electrons. The van der Waals surface area contributed by atoms with Crippen LogP contribution in [-0.2, 0) is 4.79 Å². The van der Waals surface area contributed by atoms with Crippen molar-refractivity contribution in [2.24, 2.45) is 10.4 Å². The van der Waals surface area contributed by atoms with Crippen LogP contribution >= 0.6 is 0 Å². The van der Waals surface area contributed by atoms with Crippen LogP contribution in [0.4, 0.5) is 17.1 Å². The summed E-state index contributed by atoms with van der Waals surface area (Å²) in [5, 5.41) is 10.8. The zero-order chi connectivity index (χ0) is 14.9. The van der Waals surface area contributed by atoms with Crippen molar-refractivity contribution in [1.82, 2.24) is 0 Å². The van der Waals surface area contributed by atoms with Gasteiger partial charge in [-0.15, -0.1) is 0 Å². The van der Waals surface area contributed by atoms with Gasteiger partial charge in [-0.2, -0.15) is 0 Å². The summed E-state index contributed by atoms with van der Waals surface area (Å²) in [5.74, 6) is 0.143. The quantitative estimate of drug-likeness (QED) is 0.509. The molecule has 1 aromatic rings. The number of carbonyl (C=O) groups is 1. The highest BCUT2D eigenvalue weighted by atomic mass is 16.6. The lowest BCUT2D eigenvalue weighted by Gasteiger charge is -2.29. The van der Waals surface area contributed by atoms with E-state index >= 15 is 0 Å². The average molecular weight is 275 g/mol. The van der Waals surface area contributed by atoms with Crippen molar-refractivity contribution < 1.29 is 9.72 Å². The highest BCUT2D eigenvalue weighted by molar-refractivity contribution is 6.06. The summed E-state index contributed by atoms with van der Waals surface area (Å²) in [6, 6.07) is 4.15. The first-order chi connectivity index (χ1) is 9.27. The van der Waals surface area contributed by atoms with Gasteiger partial charge in [-0.05, 0) is 17.9 Å². The van der Waals surface area contributed by atoms with Crippen LogP contribution in [0.5, 0.6) is 0 Å². The summed E-state index contributed by atoms with van der Waals surface area (Å²) in [4.78, 5) is 26.4. The van der Waals surface area contributed by atoms with Gasteiger partial charge in [-0.3, -0.25) is 19.9 Å². The van der Waals surface area contributed by atoms with Gasteiger partial charge in [0.15, 0.2) is 0 Å². The standard InChI is InChI=1S/C14H17N3O3/c1-14(2)7-9(5-11(18)8-14)16-13-6-10(17(19)20)3-4-12(13)15/h3-4,6H,5,7-8,15H2,1-2H3. The number of nitrogens with zero attached hydrogens (tertiary/aromatic N) is 2. The van der Waals surface area contributed by atoms with Crippen LogP contribution in [0.15, 0.2) is 23.2 Å². The Kier molecular flexibility index (Phi) is 3.57. The van der Waals surface area contributed by atoms with E-state index in [4.69, 9.17) is 5.73 Å². The molecule has 0 heterocycles. The Hall–Kier alpha value is -2.24. The van der Waals surface area contributed by atoms with Crippen LogP contribution < -0.4 is 5.73 Å². The smallest absolute Gasteiger partial charge is 0.271 e. The van der Waals surface area contributed by atoms with Crippen LogP contribution in [0.3, 0.4) is 0 Å². The summed E-state index contributed by atoms with van der Waals surface area (Å²) in [7, 11) is 0. The Balaban J connectivity index is 2.37. The molecule has 6 heteroatoms. The first-order valence-electron chi connectivity index (χ1n) is 6.39. The van der Waals surface area contributed by atoms with E-state index < -0.39 is 4.92 Å². The minimum atomic E-state index is -0.487. The molecular formula is C14H17N3O3. The molecule has 0 unspecified atom stereocenters. The summed E-state index contributed by atoms with van der Waals surface area (Å²) in [5.41, 5.74) is 7.09. The number of aliphatic imine (C=N–C) groups is 1. The largest absolute Gasteiger partial charge is 0.397 e. The summed E-state index contributed by atoms with van der Waals surface area (Å²) < 4.78 is 0. The second-order valence-electron chi connectivity index (χ2n) is 5.91. The number of anilines is 1. The zero-order valence-electron chi connectivity index (χ0n) is 11.5. The first kappa shape index (κ1) is 14.2. The Labute approximate surface area is 116 Å². The van der Waals surface area contributed by atoms with Gasteiger partial charge in [-0.25, -0.2) is 0 Å². The minimum Gasteiger partial charge on any atom is -0.397 e. The van der Waals surface area contributed by atoms with Crippen molar-refractivity contribution in [1.29, 1.82) is 0 Å². The third-order valence-electron chi connectivity index (χ3n) is 3.26. The van der Waals surface area contributed by atoms with Crippen LogP contribution in [-0.4, -0.2) is 16.4 Å². The number of non-ortho nitro benzene ring substituents is 1. The Morgan fingerprint density at radius 3 is 2.65 bits per heavy atom. The van der Waals surface area contributed by atoms with Gasteiger partial charge in [0.25, 0.3) is 5.69 Å². The van der Waals surface area contributed by atoms with E-state index in [2.05, 4.69) is 4.99 Å². The zero-order valence-corrected chi connectivity index (χ0v) is 11.5. The number of hydrogen-bond donors (Lipinski definition) is 1. The molecule has 6 nitrogen and oxygen atoms in total. The van der Waals surface area contributed by atoms with Gasteiger partial charge in [0.2, 0.25) is 0 Å². The van der Waals surface area contributed by atoms with E-state index in [1.165, 1.54) is 18.2 Å². The monoisotopic (exact) mass is 275 g/mol. The lowest BCUT2D eigenvalue weighted by molar-refractivity contribution is -0.384. The lowest BCUT2D eigenvalue weighted by Crippen LogP contribution is -2.28. The lowest BCUT2D eigenvalue weighted by atomic mass is 9.76. The molecular weight excluding hydrogens is 258 g/mol. The van der Waals surface area contributed by atoms with E-state index in [-0.39, 0.29) is 16.9 Å². The fraction of sp³-hybridized carbons (Fsp3) is 0.429. The number of nitrogens with two attached hydrogens (primary N) is 1. The van der Waals surface area contributed by atoms with Crippen molar-refractivity contribution in [2.45, 2.75) is 33.1 Å². The van der Waals surface area contributed by atoms with Crippen LogP contribution in [0.2, 0.25) is 0 Å². The number of hydrogen-bond acceptors (Lipinski definition) is 5. The maximum absolute atomic E-state index is 11.7. The van der Waals surface area contributed by atoms with Crippen LogP contribution in [0.1, 0.15) is 33.1 Å². The number of rotatable bonds is 2. The second-order valence-corrected chi connectivity index (χ2v) is 5.91. The maximum atomic E-state index is 11.7. The summed E-state index contributed by atoms with van der Waals surface area (Å²) in [6.07, 6.45) is 1.53. The molecule has 0 atom stereocenters. The number of carbonyl (C=O) groups excluding carboxylic acids is 1. The first-order valence-corrected chi connectivity index (χ1v) is 6.39. The van der Waals surface area contributed by atoms with E-state index in [1.807, 2.05) is 13.8 Å². The number of benzene rings is 1. The Morgan fingerprint density at radius 1 is 1.35 bits per heavy atom. The Morgan fingerprint density at radius 2 is 2.05 bits per heavy atom. The normalized spacial score (nSPS) is 20.1. The van der Waals surface area contributed by atoms with Gasteiger partial charge in [-0.1, -0.05) is 13.8 Å².